The largest absolute Gasteiger partial charge is 0.493 e. The summed E-state index contributed by atoms with van der Waals surface area (Å²) in [6.07, 6.45) is 3.54. The number of nitrogens with zero attached hydrogens (tertiary/aromatic N) is 1. The fourth-order valence-corrected chi connectivity index (χ4v) is 4.90. The van der Waals surface area contributed by atoms with Crippen LogP contribution in [0.25, 0.3) is 0 Å². The molecule has 32 heavy (non-hydrogen) atoms. The van der Waals surface area contributed by atoms with Gasteiger partial charge in [0.2, 0.25) is 0 Å². The number of ether oxygens (including phenoxy) is 2. The second kappa shape index (κ2) is 8.22. The Labute approximate surface area is 187 Å². The third kappa shape index (κ3) is 4.23. The highest BCUT2D eigenvalue weighted by Crippen LogP contribution is 2.43. The first kappa shape index (κ1) is 22.3. The molecule has 2 fully saturated rings. The van der Waals surface area contributed by atoms with E-state index in [4.69, 9.17) is 9.47 Å². The van der Waals surface area contributed by atoms with Crippen molar-refractivity contribution in [1.82, 2.24) is 10.2 Å². The summed E-state index contributed by atoms with van der Waals surface area (Å²) >= 11 is 0. The molecule has 0 unspecified atom stereocenters. The first-order valence-electron chi connectivity index (χ1n) is 11.2. The molecule has 172 valence electrons. The molecule has 0 radical (unpaired) electrons. The maximum absolute atomic E-state index is 13.0. The van der Waals surface area contributed by atoms with Gasteiger partial charge in [-0.2, -0.15) is 0 Å². The topological polar surface area (TPSA) is 102 Å². The van der Waals surface area contributed by atoms with Gasteiger partial charge in [-0.3, -0.25) is 19.3 Å². The molecule has 2 heterocycles. The minimum Gasteiger partial charge on any atom is -0.493 e. The second-order valence-electron chi connectivity index (χ2n) is 10.0. The monoisotopic (exact) mass is 442 g/mol. The number of fused-ring (bicyclic) bond motifs is 1. The summed E-state index contributed by atoms with van der Waals surface area (Å²) in [5.74, 6) is -0.262. The summed E-state index contributed by atoms with van der Waals surface area (Å²) < 4.78 is 10.5. The number of imide groups is 1. The van der Waals surface area contributed by atoms with Gasteiger partial charge in [0, 0.05) is 12.0 Å². The van der Waals surface area contributed by atoms with E-state index in [-0.39, 0.29) is 17.1 Å². The number of ketones is 1. The number of nitrogens with one attached hydrogen (secondary N) is 1. The lowest BCUT2D eigenvalue weighted by molar-refractivity contribution is -0.147. The van der Waals surface area contributed by atoms with Crippen molar-refractivity contribution in [3.63, 3.8) is 0 Å². The number of amides is 3. The van der Waals surface area contributed by atoms with E-state index in [9.17, 15) is 19.2 Å². The summed E-state index contributed by atoms with van der Waals surface area (Å²) in [6.45, 7) is 6.20. The highest BCUT2D eigenvalue weighted by molar-refractivity contribution is 6.09. The molecule has 0 bridgehead atoms. The Balaban J connectivity index is 1.31. The van der Waals surface area contributed by atoms with Gasteiger partial charge in [-0.25, -0.2) is 4.79 Å². The van der Waals surface area contributed by atoms with Crippen LogP contribution in [0.4, 0.5) is 4.79 Å². The van der Waals surface area contributed by atoms with Gasteiger partial charge < -0.3 is 14.8 Å². The van der Waals surface area contributed by atoms with E-state index in [1.54, 1.807) is 18.2 Å². The van der Waals surface area contributed by atoms with Crippen LogP contribution >= 0.6 is 0 Å². The molecule has 3 amide bonds. The van der Waals surface area contributed by atoms with E-state index in [2.05, 4.69) is 26.1 Å². The van der Waals surface area contributed by atoms with Crippen LogP contribution in [0.1, 0.15) is 62.4 Å². The lowest BCUT2D eigenvalue weighted by atomic mass is 9.67. The number of benzene rings is 1. The van der Waals surface area contributed by atoms with Crippen molar-refractivity contribution >= 4 is 23.7 Å². The molecule has 1 saturated carbocycles. The summed E-state index contributed by atoms with van der Waals surface area (Å²) in [5, 5.41) is 2.81. The van der Waals surface area contributed by atoms with E-state index in [0.29, 0.717) is 30.9 Å². The van der Waals surface area contributed by atoms with Crippen LogP contribution in [0.3, 0.4) is 0 Å². The lowest BCUT2D eigenvalue weighted by Crippen LogP contribution is -2.50. The predicted molar refractivity (Wildman–Crippen MR) is 115 cm³/mol. The van der Waals surface area contributed by atoms with Crippen LogP contribution in [0.15, 0.2) is 18.2 Å². The van der Waals surface area contributed by atoms with Crippen LogP contribution < -0.4 is 10.1 Å². The average Bonchev–Trinajstić information content (AvgIpc) is 3.30. The predicted octanol–water partition coefficient (Wildman–Crippen LogP) is 2.87. The minimum absolute atomic E-state index is 0.148. The Morgan fingerprint density at radius 2 is 1.94 bits per heavy atom. The Kier molecular flexibility index (Phi) is 5.73. The lowest BCUT2D eigenvalue weighted by Gasteiger charge is -2.40. The summed E-state index contributed by atoms with van der Waals surface area (Å²) in [5.41, 5.74) is 0.607. The molecule has 2 aliphatic heterocycles. The molecule has 1 aromatic carbocycles. The van der Waals surface area contributed by atoms with Crippen molar-refractivity contribution < 1.29 is 28.7 Å². The van der Waals surface area contributed by atoms with Crippen molar-refractivity contribution in [3.8, 4) is 5.75 Å². The number of hydrogen-bond acceptors (Lipinski definition) is 6. The average molecular weight is 443 g/mol. The molecule has 0 atom stereocenters. The standard InChI is InChI=1S/C24H30N2O6/c1-23(2,3)17-6-9-24(10-7-17)21(29)26(22(30)25-24)13-20(28)32-14-18(27)15-4-5-19-16(12-15)8-11-31-19/h4-5,12,17H,6-11,13-14H2,1-3H3,(H,25,30). The normalized spacial score (nSPS) is 24.8. The van der Waals surface area contributed by atoms with Gasteiger partial charge in [0.05, 0.1) is 6.61 Å². The van der Waals surface area contributed by atoms with Crippen molar-refractivity contribution in [2.45, 2.75) is 58.4 Å². The highest BCUT2D eigenvalue weighted by Gasteiger charge is 2.53. The van der Waals surface area contributed by atoms with Gasteiger partial charge in [0.25, 0.3) is 5.91 Å². The first-order chi connectivity index (χ1) is 15.1. The molecule has 1 aliphatic carbocycles. The van der Waals surface area contributed by atoms with Crippen molar-refractivity contribution in [2.75, 3.05) is 19.8 Å². The summed E-state index contributed by atoms with van der Waals surface area (Å²) in [4.78, 5) is 51.1. The molecule has 1 spiro atoms. The van der Waals surface area contributed by atoms with Crippen LogP contribution in [-0.2, 0) is 20.7 Å². The number of Topliss-reactive ketones (excluding diaryl/α,β-unsaturated/α-hetero) is 1. The maximum atomic E-state index is 13.0. The molecule has 1 N–H and O–H groups in total. The number of esters is 1. The van der Waals surface area contributed by atoms with Crippen LogP contribution in [0, 0.1) is 11.3 Å². The highest BCUT2D eigenvalue weighted by atomic mass is 16.5. The number of hydrogen-bond donors (Lipinski definition) is 1. The van der Waals surface area contributed by atoms with Crippen molar-refractivity contribution in [3.05, 3.63) is 29.3 Å². The van der Waals surface area contributed by atoms with Gasteiger partial charge in [0.1, 0.15) is 17.8 Å². The van der Waals surface area contributed by atoms with Gasteiger partial charge in [-0.05, 0) is 60.8 Å². The van der Waals surface area contributed by atoms with Crippen LogP contribution in [0.5, 0.6) is 5.75 Å². The molecule has 8 nitrogen and oxygen atoms in total. The molecule has 3 aliphatic rings. The zero-order chi connectivity index (χ0) is 23.1. The fraction of sp³-hybridized carbons (Fsp3) is 0.583. The molecule has 0 aromatic heterocycles. The van der Waals surface area contributed by atoms with Gasteiger partial charge in [-0.1, -0.05) is 20.8 Å². The van der Waals surface area contributed by atoms with Gasteiger partial charge in [-0.15, -0.1) is 0 Å². The Bertz CT molecular complexity index is 956. The number of carbonyl (C=O) groups excluding carboxylic acids is 4. The molecule has 1 saturated heterocycles. The zero-order valence-electron chi connectivity index (χ0n) is 18.9. The quantitative estimate of drug-likeness (QED) is 0.427. The van der Waals surface area contributed by atoms with Crippen LogP contribution in [-0.4, -0.2) is 53.9 Å². The first-order valence-corrected chi connectivity index (χ1v) is 11.2. The molecule has 4 rings (SSSR count). The smallest absolute Gasteiger partial charge is 0.326 e. The van der Waals surface area contributed by atoms with Crippen LogP contribution in [0.2, 0.25) is 0 Å². The molecule has 1 aromatic rings. The minimum atomic E-state index is -0.929. The molecular formula is C24H30N2O6. The Morgan fingerprint density at radius 3 is 2.62 bits per heavy atom. The van der Waals surface area contributed by atoms with Crippen molar-refractivity contribution in [2.24, 2.45) is 11.3 Å². The van der Waals surface area contributed by atoms with E-state index in [1.165, 1.54) is 0 Å². The third-order valence-corrected chi connectivity index (χ3v) is 6.97. The Hall–Kier alpha value is -2.90. The van der Waals surface area contributed by atoms with Gasteiger partial charge in [0.15, 0.2) is 12.4 Å². The SMILES string of the molecule is CC(C)(C)C1CCC2(CC1)NC(=O)N(CC(=O)OCC(=O)c1ccc3c(c1)CCO3)C2=O. The second-order valence-corrected chi connectivity index (χ2v) is 10.0. The van der Waals surface area contributed by atoms with E-state index < -0.39 is 30.7 Å². The fourth-order valence-electron chi connectivity index (χ4n) is 4.90. The van der Waals surface area contributed by atoms with E-state index >= 15 is 0 Å². The third-order valence-electron chi connectivity index (χ3n) is 6.97. The number of urea groups is 1. The Morgan fingerprint density at radius 1 is 1.22 bits per heavy atom. The number of carbonyl (C=O) groups is 4. The summed E-state index contributed by atoms with van der Waals surface area (Å²) in [7, 11) is 0. The van der Waals surface area contributed by atoms with E-state index in [1.807, 2.05) is 0 Å². The number of rotatable bonds is 5. The maximum Gasteiger partial charge on any atom is 0.326 e. The zero-order valence-corrected chi connectivity index (χ0v) is 18.9. The van der Waals surface area contributed by atoms with Crippen molar-refractivity contribution in [1.29, 1.82) is 0 Å². The van der Waals surface area contributed by atoms with E-state index in [0.717, 1.165) is 35.5 Å². The van der Waals surface area contributed by atoms with Gasteiger partial charge >= 0.3 is 12.0 Å². The molecular weight excluding hydrogens is 412 g/mol. The molecule has 8 heteroatoms. The summed E-state index contributed by atoms with van der Waals surface area (Å²) in [6, 6.07) is 4.53.